The van der Waals surface area contributed by atoms with Crippen molar-refractivity contribution < 1.29 is 9.53 Å². The monoisotopic (exact) mass is 447 g/mol. The quantitative estimate of drug-likeness (QED) is 0.401. The van der Waals surface area contributed by atoms with Crippen molar-refractivity contribution in [3.63, 3.8) is 0 Å². The maximum atomic E-state index is 12.3. The number of piperazine rings is 1. The summed E-state index contributed by atoms with van der Waals surface area (Å²) in [6.45, 7) is 6.67. The average molecular weight is 448 g/mol. The average Bonchev–Trinajstić information content (AvgIpc) is 3.35. The van der Waals surface area contributed by atoms with Gasteiger partial charge in [0, 0.05) is 32.2 Å². The lowest BCUT2D eigenvalue weighted by Gasteiger charge is -2.33. The van der Waals surface area contributed by atoms with E-state index in [0.29, 0.717) is 11.7 Å². The Hall–Kier alpha value is -2.21. The van der Waals surface area contributed by atoms with Gasteiger partial charge in [0.15, 0.2) is 4.34 Å². The number of H-pyrrole nitrogens is 1. The minimum Gasteiger partial charge on any atom is -0.497 e. The van der Waals surface area contributed by atoms with Gasteiger partial charge in [0.2, 0.25) is 11.0 Å². The molecule has 160 valence electrons. The van der Waals surface area contributed by atoms with Crippen molar-refractivity contribution in [2.24, 2.45) is 0 Å². The molecule has 1 fully saturated rings. The first-order valence-electron chi connectivity index (χ1n) is 9.86. The number of methoxy groups -OCH3 is 1. The van der Waals surface area contributed by atoms with E-state index in [9.17, 15) is 4.79 Å². The maximum absolute atomic E-state index is 12.3. The predicted octanol–water partition coefficient (Wildman–Crippen LogP) is 2.29. The van der Waals surface area contributed by atoms with Gasteiger partial charge in [0.05, 0.1) is 31.2 Å². The molecule has 1 aliphatic rings. The van der Waals surface area contributed by atoms with Crippen LogP contribution in [0.5, 0.6) is 5.75 Å². The highest BCUT2D eigenvalue weighted by atomic mass is 32.2. The highest BCUT2D eigenvalue weighted by Crippen LogP contribution is 2.25. The molecule has 0 atom stereocenters. The van der Waals surface area contributed by atoms with Crippen LogP contribution in [-0.4, -0.2) is 81.5 Å². The molecule has 4 rings (SSSR count). The summed E-state index contributed by atoms with van der Waals surface area (Å²) in [4.78, 5) is 24.9. The number of hydrogen-bond donors (Lipinski definition) is 2. The second-order valence-corrected chi connectivity index (χ2v) is 9.46. The number of amides is 1. The number of fused-ring (bicyclic) bond motifs is 1. The lowest BCUT2D eigenvalue weighted by Crippen LogP contribution is -2.48. The first-order chi connectivity index (χ1) is 14.6. The van der Waals surface area contributed by atoms with Crippen molar-refractivity contribution in [1.82, 2.24) is 30.0 Å². The van der Waals surface area contributed by atoms with E-state index in [2.05, 4.69) is 42.2 Å². The van der Waals surface area contributed by atoms with E-state index < -0.39 is 0 Å². The van der Waals surface area contributed by atoms with Gasteiger partial charge in [-0.15, -0.1) is 10.2 Å². The molecule has 0 radical (unpaired) electrons. The van der Waals surface area contributed by atoms with Crippen LogP contribution >= 0.6 is 23.1 Å². The van der Waals surface area contributed by atoms with Crippen molar-refractivity contribution >= 4 is 45.2 Å². The van der Waals surface area contributed by atoms with Gasteiger partial charge in [-0.25, -0.2) is 4.98 Å². The molecule has 3 aromatic rings. The molecule has 1 aliphatic heterocycles. The van der Waals surface area contributed by atoms with Crippen LogP contribution in [0.15, 0.2) is 22.5 Å². The number of hydrogen-bond acceptors (Lipinski definition) is 9. The van der Waals surface area contributed by atoms with Crippen molar-refractivity contribution in [3.8, 4) is 5.75 Å². The highest BCUT2D eigenvalue weighted by Gasteiger charge is 2.20. The number of ether oxygens (including phenoxy) is 1. The summed E-state index contributed by atoms with van der Waals surface area (Å²) in [5.74, 6) is 2.66. The number of aromatic amines is 1. The molecule has 0 spiro atoms. The molecule has 1 aromatic carbocycles. The normalized spacial score (nSPS) is 15.5. The number of nitrogens with one attached hydrogen (secondary N) is 2. The number of thioether (sulfide) groups is 1. The largest absolute Gasteiger partial charge is 0.497 e. The zero-order chi connectivity index (χ0) is 20.9. The lowest BCUT2D eigenvalue weighted by atomic mass is 10.3. The summed E-state index contributed by atoms with van der Waals surface area (Å²) in [6, 6.07) is 5.85. The van der Waals surface area contributed by atoms with Crippen LogP contribution in [0.2, 0.25) is 0 Å². The Morgan fingerprint density at radius 2 is 2.07 bits per heavy atom. The molecule has 1 amide bonds. The van der Waals surface area contributed by atoms with E-state index in [0.717, 1.165) is 65.4 Å². The number of imidazole rings is 1. The SMILES string of the molecule is CCSc1nnc(NC(=O)CN2CCN(Cc3nc4ccc(OC)cc4[nH]3)CC2)s1. The number of anilines is 1. The van der Waals surface area contributed by atoms with Gasteiger partial charge >= 0.3 is 0 Å². The first kappa shape index (κ1) is 21.0. The Bertz CT molecular complexity index is 998. The summed E-state index contributed by atoms with van der Waals surface area (Å²) in [5, 5.41) is 11.5. The van der Waals surface area contributed by atoms with Crippen molar-refractivity contribution in [2.75, 3.05) is 50.9 Å². The molecular weight excluding hydrogens is 422 g/mol. The standard InChI is InChI=1S/C19H25N7O2S2/c1-3-29-19-24-23-18(30-19)22-17(27)12-26-8-6-25(7-9-26)11-16-20-14-5-4-13(28-2)10-15(14)21-16/h4-5,10H,3,6-9,11-12H2,1-2H3,(H,20,21)(H,22,23,27). The number of benzene rings is 1. The summed E-state index contributed by atoms with van der Waals surface area (Å²) in [5.41, 5.74) is 1.93. The summed E-state index contributed by atoms with van der Waals surface area (Å²) in [7, 11) is 1.66. The van der Waals surface area contributed by atoms with Gasteiger partial charge in [0.25, 0.3) is 0 Å². The van der Waals surface area contributed by atoms with Crippen LogP contribution in [0.1, 0.15) is 12.7 Å². The number of aromatic nitrogens is 4. The molecule has 3 heterocycles. The number of nitrogens with zero attached hydrogens (tertiary/aromatic N) is 5. The minimum absolute atomic E-state index is 0.0427. The Kier molecular flexibility index (Phi) is 6.82. The third-order valence-electron chi connectivity index (χ3n) is 4.86. The molecule has 9 nitrogen and oxygen atoms in total. The van der Waals surface area contributed by atoms with Crippen LogP contribution in [0, 0.1) is 0 Å². The van der Waals surface area contributed by atoms with E-state index in [1.54, 1.807) is 18.9 Å². The van der Waals surface area contributed by atoms with E-state index >= 15 is 0 Å². The zero-order valence-corrected chi connectivity index (χ0v) is 18.7. The van der Waals surface area contributed by atoms with E-state index in [4.69, 9.17) is 4.74 Å². The summed E-state index contributed by atoms with van der Waals surface area (Å²) >= 11 is 3.04. The van der Waals surface area contributed by atoms with Crippen molar-refractivity contribution in [1.29, 1.82) is 0 Å². The van der Waals surface area contributed by atoms with Gasteiger partial charge < -0.3 is 9.72 Å². The van der Waals surface area contributed by atoms with Crippen LogP contribution < -0.4 is 10.1 Å². The third-order valence-corrected chi connectivity index (χ3v) is 6.72. The second-order valence-electron chi connectivity index (χ2n) is 6.97. The number of carbonyl (C=O) groups excluding carboxylic acids is 1. The fourth-order valence-electron chi connectivity index (χ4n) is 3.36. The van der Waals surface area contributed by atoms with Crippen molar-refractivity contribution in [3.05, 3.63) is 24.0 Å². The molecule has 0 saturated carbocycles. The van der Waals surface area contributed by atoms with E-state index in [-0.39, 0.29) is 5.91 Å². The van der Waals surface area contributed by atoms with E-state index in [1.165, 1.54) is 11.3 Å². The minimum atomic E-state index is -0.0427. The first-order valence-corrected chi connectivity index (χ1v) is 11.7. The lowest BCUT2D eigenvalue weighted by molar-refractivity contribution is -0.117. The fraction of sp³-hybridized carbons (Fsp3) is 0.474. The molecule has 2 aromatic heterocycles. The Balaban J connectivity index is 1.24. The maximum Gasteiger partial charge on any atom is 0.240 e. The van der Waals surface area contributed by atoms with Gasteiger partial charge in [-0.1, -0.05) is 30.0 Å². The molecule has 0 unspecified atom stereocenters. The van der Waals surface area contributed by atoms with Gasteiger partial charge in [-0.05, 0) is 17.9 Å². The van der Waals surface area contributed by atoms with Crippen LogP contribution in [-0.2, 0) is 11.3 Å². The third kappa shape index (κ3) is 5.28. The predicted molar refractivity (Wildman–Crippen MR) is 119 cm³/mol. The van der Waals surface area contributed by atoms with Crippen LogP contribution in [0.4, 0.5) is 5.13 Å². The fourth-order valence-corrected chi connectivity index (χ4v) is 5.03. The molecule has 11 heteroatoms. The molecule has 0 aliphatic carbocycles. The highest BCUT2D eigenvalue weighted by molar-refractivity contribution is 8.01. The topological polar surface area (TPSA) is 99.3 Å². The van der Waals surface area contributed by atoms with Gasteiger partial charge in [0.1, 0.15) is 11.6 Å². The molecule has 1 saturated heterocycles. The Labute approximate surface area is 183 Å². The molecule has 2 N–H and O–H groups in total. The number of carbonyl (C=O) groups is 1. The Morgan fingerprint density at radius 1 is 1.27 bits per heavy atom. The molecular formula is C19H25N7O2S2. The van der Waals surface area contributed by atoms with Gasteiger partial charge in [-0.3, -0.25) is 19.9 Å². The number of rotatable bonds is 8. The summed E-state index contributed by atoms with van der Waals surface area (Å²) in [6.07, 6.45) is 0. The van der Waals surface area contributed by atoms with E-state index in [1.807, 2.05) is 18.2 Å². The second kappa shape index (κ2) is 9.73. The van der Waals surface area contributed by atoms with Crippen LogP contribution in [0.3, 0.4) is 0 Å². The van der Waals surface area contributed by atoms with Gasteiger partial charge in [-0.2, -0.15) is 0 Å². The van der Waals surface area contributed by atoms with Crippen LogP contribution in [0.25, 0.3) is 11.0 Å². The van der Waals surface area contributed by atoms with Crippen molar-refractivity contribution in [2.45, 2.75) is 17.8 Å². The smallest absolute Gasteiger partial charge is 0.240 e. The molecule has 0 bridgehead atoms. The Morgan fingerprint density at radius 3 is 2.83 bits per heavy atom. The molecule has 30 heavy (non-hydrogen) atoms. The summed E-state index contributed by atoms with van der Waals surface area (Å²) < 4.78 is 6.15. The zero-order valence-electron chi connectivity index (χ0n) is 17.1.